The molecule has 3 aromatic rings. The third kappa shape index (κ3) is 5.63. The second kappa shape index (κ2) is 10.7. The summed E-state index contributed by atoms with van der Waals surface area (Å²) in [4.78, 5) is 6.93. The predicted octanol–water partition coefficient (Wildman–Crippen LogP) is 6.14. The lowest BCUT2D eigenvalue weighted by molar-refractivity contribution is 0.0749. The molecule has 0 radical (unpaired) electrons. The lowest BCUT2D eigenvalue weighted by atomic mass is 9.92. The van der Waals surface area contributed by atoms with E-state index in [0.29, 0.717) is 23.4 Å². The van der Waals surface area contributed by atoms with Gasteiger partial charge in [0.05, 0.1) is 17.7 Å². The summed E-state index contributed by atoms with van der Waals surface area (Å²) in [5, 5.41) is 8.56. The molecule has 0 bridgehead atoms. The van der Waals surface area contributed by atoms with E-state index in [1.165, 1.54) is 11.1 Å². The molecule has 4 rings (SSSR count). The monoisotopic (exact) mass is 490 g/mol. The molecule has 1 aliphatic heterocycles. The Balaban J connectivity index is 1.73. The summed E-state index contributed by atoms with van der Waals surface area (Å²) in [6.07, 6.45) is 1.07. The van der Waals surface area contributed by atoms with E-state index in [-0.39, 0.29) is 12.1 Å². The summed E-state index contributed by atoms with van der Waals surface area (Å²) < 4.78 is 11.6. The van der Waals surface area contributed by atoms with Crippen molar-refractivity contribution in [3.63, 3.8) is 0 Å². The highest BCUT2D eigenvalue weighted by molar-refractivity contribution is 7.80. The second-order valence-electron chi connectivity index (χ2n) is 9.44. The van der Waals surface area contributed by atoms with Gasteiger partial charge in [0.15, 0.2) is 5.11 Å². The first-order valence-electron chi connectivity index (χ1n) is 12.1. The van der Waals surface area contributed by atoms with Gasteiger partial charge in [-0.15, -0.1) is 0 Å². The lowest BCUT2D eigenvalue weighted by Gasteiger charge is -2.37. The van der Waals surface area contributed by atoms with Crippen LogP contribution in [0, 0.1) is 20.8 Å². The number of thiocarbonyl (C=S) groups is 1. The van der Waals surface area contributed by atoms with Crippen molar-refractivity contribution in [2.45, 2.75) is 60.1 Å². The molecule has 0 saturated heterocycles. The van der Waals surface area contributed by atoms with Crippen LogP contribution in [0.25, 0.3) is 17.0 Å². The van der Waals surface area contributed by atoms with E-state index < -0.39 is 0 Å². The molecule has 0 saturated carbocycles. The first-order chi connectivity index (χ1) is 16.7. The Morgan fingerprint density at radius 2 is 1.89 bits per heavy atom. The maximum Gasteiger partial charge on any atom is 0.258 e. The number of allylic oxidation sites excluding steroid dienone is 1. The van der Waals surface area contributed by atoms with Crippen LogP contribution in [0.15, 0.2) is 52.7 Å². The molecule has 1 aromatic heterocycles. The highest BCUT2D eigenvalue weighted by Gasteiger charge is 2.34. The fourth-order valence-corrected chi connectivity index (χ4v) is 4.64. The van der Waals surface area contributed by atoms with Crippen LogP contribution in [0.5, 0.6) is 0 Å². The van der Waals surface area contributed by atoms with Crippen LogP contribution in [-0.2, 0) is 4.74 Å². The van der Waals surface area contributed by atoms with Crippen LogP contribution in [0.4, 0.5) is 0 Å². The molecule has 7 heteroatoms. The minimum Gasteiger partial charge on any atom is -0.379 e. The number of nitrogens with zero attached hydrogens (tertiary/aromatic N) is 3. The zero-order valence-electron chi connectivity index (χ0n) is 21.4. The van der Waals surface area contributed by atoms with Gasteiger partial charge < -0.3 is 19.5 Å². The van der Waals surface area contributed by atoms with Crippen molar-refractivity contribution >= 4 is 22.9 Å². The summed E-state index contributed by atoms with van der Waals surface area (Å²) in [5.74, 6) is 1.08. The molecular formula is C28H34N4O2S. The van der Waals surface area contributed by atoms with E-state index in [0.717, 1.165) is 40.9 Å². The third-order valence-corrected chi connectivity index (χ3v) is 6.71. The Hall–Kier alpha value is -3.03. The number of aryl methyl sites for hydroxylation is 3. The molecule has 0 fully saturated rings. The third-order valence-electron chi connectivity index (χ3n) is 6.37. The first kappa shape index (κ1) is 25.1. The number of benzene rings is 2. The summed E-state index contributed by atoms with van der Waals surface area (Å²) in [6, 6.07) is 14.4. The maximum absolute atomic E-state index is 5.86. The van der Waals surface area contributed by atoms with Crippen LogP contribution >= 0.6 is 12.2 Å². The Bertz CT molecular complexity index is 1250. The van der Waals surface area contributed by atoms with Gasteiger partial charge >= 0.3 is 0 Å². The lowest BCUT2D eigenvalue weighted by Crippen LogP contribution is -2.46. The molecule has 1 atom stereocenters. The van der Waals surface area contributed by atoms with Crippen molar-refractivity contribution in [1.29, 1.82) is 0 Å². The smallest absolute Gasteiger partial charge is 0.258 e. The second-order valence-corrected chi connectivity index (χ2v) is 9.83. The fraction of sp³-hybridized carbons (Fsp3) is 0.393. The van der Waals surface area contributed by atoms with Gasteiger partial charge in [-0.2, -0.15) is 4.98 Å². The number of hydrogen-bond acceptors (Lipinski definition) is 5. The predicted molar refractivity (Wildman–Crippen MR) is 144 cm³/mol. The highest BCUT2D eigenvalue weighted by Crippen LogP contribution is 2.38. The standard InChI is InChI=1S/C28H34N4O2S/c1-17(2)33-14-8-13-32-21(6)24(25(29-28(32)35)22-12-11-19(4)20(5)16-22)27-30-26(31-34-27)23-10-7-9-18(3)15-23/h7,9-12,15-17,25H,8,13-14H2,1-6H3,(H,29,35). The Morgan fingerprint density at radius 1 is 1.09 bits per heavy atom. The van der Waals surface area contributed by atoms with Gasteiger partial charge in [0.1, 0.15) is 0 Å². The summed E-state index contributed by atoms with van der Waals surface area (Å²) in [5.41, 5.74) is 7.63. The first-order valence-corrected chi connectivity index (χ1v) is 12.5. The van der Waals surface area contributed by atoms with E-state index in [9.17, 15) is 0 Å². The number of ether oxygens (including phenoxy) is 1. The summed E-state index contributed by atoms with van der Waals surface area (Å²) in [6.45, 7) is 13.9. The van der Waals surface area contributed by atoms with Gasteiger partial charge in [-0.05, 0) is 82.9 Å². The van der Waals surface area contributed by atoms with E-state index in [1.54, 1.807) is 0 Å². The molecule has 0 aliphatic carbocycles. The molecule has 6 nitrogen and oxygen atoms in total. The molecule has 2 heterocycles. The molecule has 2 aromatic carbocycles. The molecule has 1 unspecified atom stereocenters. The minimum absolute atomic E-state index is 0.184. The van der Waals surface area contributed by atoms with Gasteiger partial charge in [0.25, 0.3) is 5.89 Å². The molecule has 0 spiro atoms. The highest BCUT2D eigenvalue weighted by atomic mass is 32.1. The van der Waals surface area contributed by atoms with Crippen molar-refractivity contribution in [3.05, 3.63) is 76.3 Å². The molecule has 35 heavy (non-hydrogen) atoms. The van der Waals surface area contributed by atoms with Crippen LogP contribution in [0.3, 0.4) is 0 Å². The fourth-order valence-electron chi connectivity index (χ4n) is 4.30. The van der Waals surface area contributed by atoms with Gasteiger partial charge in [0.2, 0.25) is 5.82 Å². The quantitative estimate of drug-likeness (QED) is 0.301. The van der Waals surface area contributed by atoms with Gasteiger partial charge in [0, 0.05) is 24.4 Å². The minimum atomic E-state index is -0.184. The van der Waals surface area contributed by atoms with Crippen LogP contribution in [0.2, 0.25) is 0 Å². The van der Waals surface area contributed by atoms with Gasteiger partial charge in [-0.25, -0.2) is 0 Å². The van der Waals surface area contributed by atoms with Crippen LogP contribution in [-0.4, -0.2) is 39.4 Å². The number of rotatable bonds is 8. The SMILES string of the molecule is CC1=C(c2nc(-c3cccc(C)c3)no2)C(c2ccc(C)c(C)c2)NC(=S)N1CCCOC(C)C. The molecule has 1 N–H and O–H groups in total. The van der Waals surface area contributed by atoms with Crippen LogP contribution < -0.4 is 5.32 Å². The number of nitrogens with one attached hydrogen (secondary N) is 1. The molecular weight excluding hydrogens is 456 g/mol. The van der Waals surface area contributed by atoms with Crippen molar-refractivity contribution in [2.24, 2.45) is 0 Å². The average molecular weight is 491 g/mol. The Morgan fingerprint density at radius 3 is 2.60 bits per heavy atom. The zero-order chi connectivity index (χ0) is 25.1. The van der Waals surface area contributed by atoms with Crippen molar-refractivity contribution in [3.8, 4) is 11.4 Å². The number of hydrogen-bond donors (Lipinski definition) is 1. The van der Waals surface area contributed by atoms with Crippen molar-refractivity contribution < 1.29 is 9.26 Å². The molecule has 0 amide bonds. The zero-order valence-corrected chi connectivity index (χ0v) is 22.2. The average Bonchev–Trinajstić information content (AvgIpc) is 3.29. The van der Waals surface area contributed by atoms with Gasteiger partial charge in [-0.3, -0.25) is 0 Å². The van der Waals surface area contributed by atoms with E-state index in [1.807, 2.05) is 26.0 Å². The van der Waals surface area contributed by atoms with E-state index in [4.69, 9.17) is 26.5 Å². The Labute approximate surface area is 213 Å². The Kier molecular flexibility index (Phi) is 7.67. The van der Waals surface area contributed by atoms with E-state index >= 15 is 0 Å². The van der Waals surface area contributed by atoms with Crippen molar-refractivity contribution in [1.82, 2.24) is 20.4 Å². The number of aromatic nitrogens is 2. The normalized spacial score (nSPS) is 16.3. The van der Waals surface area contributed by atoms with E-state index in [2.05, 4.69) is 73.4 Å². The summed E-state index contributed by atoms with van der Waals surface area (Å²) >= 11 is 5.81. The largest absolute Gasteiger partial charge is 0.379 e. The summed E-state index contributed by atoms with van der Waals surface area (Å²) in [7, 11) is 0. The molecule has 1 aliphatic rings. The maximum atomic E-state index is 5.86. The van der Waals surface area contributed by atoms with Crippen LogP contribution in [0.1, 0.15) is 61.4 Å². The molecule has 184 valence electrons. The van der Waals surface area contributed by atoms with Crippen molar-refractivity contribution in [2.75, 3.05) is 13.2 Å². The topological polar surface area (TPSA) is 63.4 Å². The van der Waals surface area contributed by atoms with Gasteiger partial charge in [-0.1, -0.05) is 47.1 Å².